The SMILES string of the molecule is NCCCCC(NC(=O)C(N)CCCN=C(N)N)C(=O)NC(CCC(N)=O)C(=O)NC(CCC(=O)O)C(=O)O. The molecule has 0 aromatic heterocycles. The van der Waals surface area contributed by atoms with Crippen LogP contribution in [-0.4, -0.2) is 89.0 Å². The number of amides is 4. The molecule has 17 nitrogen and oxygen atoms in total. The molecule has 0 aliphatic rings. The van der Waals surface area contributed by atoms with E-state index in [-0.39, 0.29) is 38.2 Å². The van der Waals surface area contributed by atoms with Gasteiger partial charge >= 0.3 is 11.9 Å². The van der Waals surface area contributed by atoms with Crippen molar-refractivity contribution in [1.82, 2.24) is 16.0 Å². The van der Waals surface area contributed by atoms with Crippen molar-refractivity contribution in [3.05, 3.63) is 0 Å². The molecule has 0 rings (SSSR count). The smallest absolute Gasteiger partial charge is 0.326 e. The van der Waals surface area contributed by atoms with Crippen LogP contribution in [0.25, 0.3) is 0 Å². The van der Waals surface area contributed by atoms with Crippen LogP contribution in [0.2, 0.25) is 0 Å². The second kappa shape index (κ2) is 19.1. The zero-order chi connectivity index (χ0) is 30.0. The van der Waals surface area contributed by atoms with E-state index >= 15 is 0 Å². The molecule has 15 N–H and O–H groups in total. The molecule has 222 valence electrons. The minimum absolute atomic E-state index is 0.101. The predicted octanol–water partition coefficient (Wildman–Crippen LogP) is -3.83. The predicted molar refractivity (Wildman–Crippen MR) is 140 cm³/mol. The van der Waals surface area contributed by atoms with E-state index in [0.29, 0.717) is 25.8 Å². The van der Waals surface area contributed by atoms with Gasteiger partial charge in [-0.3, -0.25) is 29.0 Å². The van der Waals surface area contributed by atoms with Crippen LogP contribution in [0.5, 0.6) is 0 Å². The number of aliphatic imine (C=N–C) groups is 1. The summed E-state index contributed by atoms with van der Waals surface area (Å²) in [6.07, 6.45) is 0.221. The molecule has 0 bridgehead atoms. The van der Waals surface area contributed by atoms with Crippen LogP contribution in [0.1, 0.15) is 57.8 Å². The fourth-order valence-electron chi connectivity index (χ4n) is 3.32. The number of hydrogen-bond donors (Lipinski definition) is 10. The molecule has 0 aliphatic carbocycles. The highest BCUT2D eigenvalue weighted by Gasteiger charge is 2.30. The first-order chi connectivity index (χ1) is 18.3. The molecule has 0 radical (unpaired) electrons. The average Bonchev–Trinajstić information content (AvgIpc) is 2.85. The average molecular weight is 560 g/mol. The maximum Gasteiger partial charge on any atom is 0.326 e. The zero-order valence-electron chi connectivity index (χ0n) is 21.8. The highest BCUT2D eigenvalue weighted by molar-refractivity contribution is 5.94. The van der Waals surface area contributed by atoms with E-state index in [4.69, 9.17) is 33.8 Å². The summed E-state index contributed by atoms with van der Waals surface area (Å²) in [5.74, 6) is -6.01. The van der Waals surface area contributed by atoms with Crippen LogP contribution in [0.15, 0.2) is 4.99 Å². The van der Waals surface area contributed by atoms with E-state index in [9.17, 15) is 33.9 Å². The maximum absolute atomic E-state index is 13.1. The molecule has 4 atom stereocenters. The first-order valence-electron chi connectivity index (χ1n) is 12.4. The molecule has 0 heterocycles. The molecule has 17 heteroatoms. The highest BCUT2D eigenvalue weighted by atomic mass is 16.4. The van der Waals surface area contributed by atoms with Crippen molar-refractivity contribution in [2.45, 2.75) is 82.0 Å². The second-order valence-corrected chi connectivity index (χ2v) is 8.80. The topological polar surface area (TPSA) is 321 Å². The van der Waals surface area contributed by atoms with Gasteiger partial charge in [0.15, 0.2) is 5.96 Å². The van der Waals surface area contributed by atoms with Crippen LogP contribution in [0.4, 0.5) is 0 Å². The molecule has 0 spiro atoms. The normalized spacial score (nSPS) is 13.7. The van der Waals surface area contributed by atoms with Crippen molar-refractivity contribution in [2.24, 2.45) is 33.7 Å². The summed E-state index contributed by atoms with van der Waals surface area (Å²) in [6.45, 7) is 0.591. The van der Waals surface area contributed by atoms with Crippen LogP contribution in [0, 0.1) is 0 Å². The van der Waals surface area contributed by atoms with Crippen molar-refractivity contribution in [3.63, 3.8) is 0 Å². The molecule has 0 aliphatic heterocycles. The van der Waals surface area contributed by atoms with E-state index in [1.165, 1.54) is 0 Å². The number of nitrogens with zero attached hydrogens (tertiary/aromatic N) is 1. The van der Waals surface area contributed by atoms with Gasteiger partial charge in [-0.05, 0) is 51.5 Å². The number of carboxylic acids is 2. The lowest BCUT2D eigenvalue weighted by molar-refractivity contribution is -0.143. The summed E-state index contributed by atoms with van der Waals surface area (Å²) < 4.78 is 0. The third-order valence-electron chi connectivity index (χ3n) is 5.46. The molecule has 0 fully saturated rings. The highest BCUT2D eigenvalue weighted by Crippen LogP contribution is 2.07. The van der Waals surface area contributed by atoms with Gasteiger partial charge in [-0.25, -0.2) is 4.79 Å². The Morgan fingerprint density at radius 2 is 1.23 bits per heavy atom. The number of carbonyl (C=O) groups is 6. The standard InChI is InChI=1S/C22H41N9O8/c23-10-2-1-5-13(29-18(35)12(24)4-3-11-28-22(26)27)19(36)30-14(6-8-16(25)32)20(37)31-15(21(38)39)7-9-17(33)34/h12-15H,1-11,23-24H2,(H2,25,32)(H,29,35)(H,30,36)(H,31,37)(H,33,34)(H,38,39)(H4,26,27,28). The van der Waals surface area contributed by atoms with Crippen LogP contribution in [-0.2, 0) is 28.8 Å². The van der Waals surface area contributed by atoms with Crippen molar-refractivity contribution >= 4 is 41.5 Å². The number of carboxylic acid groups (broad SMARTS) is 2. The van der Waals surface area contributed by atoms with Gasteiger partial charge in [-0.15, -0.1) is 0 Å². The molecule has 4 amide bonds. The van der Waals surface area contributed by atoms with Crippen molar-refractivity contribution < 1.29 is 39.0 Å². The number of guanidine groups is 1. The number of aliphatic carboxylic acids is 2. The van der Waals surface area contributed by atoms with Gasteiger partial charge in [-0.1, -0.05) is 0 Å². The zero-order valence-corrected chi connectivity index (χ0v) is 21.8. The van der Waals surface area contributed by atoms with Crippen molar-refractivity contribution in [2.75, 3.05) is 13.1 Å². The van der Waals surface area contributed by atoms with Gasteiger partial charge < -0.3 is 54.8 Å². The maximum atomic E-state index is 13.1. The minimum Gasteiger partial charge on any atom is -0.481 e. The number of nitrogens with one attached hydrogen (secondary N) is 3. The summed E-state index contributed by atoms with van der Waals surface area (Å²) in [4.78, 5) is 75.9. The molecule has 0 saturated carbocycles. The second-order valence-electron chi connectivity index (χ2n) is 8.80. The largest absolute Gasteiger partial charge is 0.481 e. The summed E-state index contributed by atoms with van der Waals surface area (Å²) in [5.41, 5.74) is 27.1. The molecule has 39 heavy (non-hydrogen) atoms. The molecule has 4 unspecified atom stereocenters. The third-order valence-corrected chi connectivity index (χ3v) is 5.46. The number of carbonyl (C=O) groups excluding carboxylic acids is 4. The number of nitrogens with two attached hydrogens (primary N) is 5. The van der Waals surface area contributed by atoms with E-state index in [0.717, 1.165) is 0 Å². The fourth-order valence-corrected chi connectivity index (χ4v) is 3.32. The monoisotopic (exact) mass is 559 g/mol. The van der Waals surface area contributed by atoms with Crippen LogP contribution >= 0.6 is 0 Å². The Balaban J connectivity index is 5.54. The lowest BCUT2D eigenvalue weighted by Gasteiger charge is -2.25. The quantitative estimate of drug-likeness (QED) is 0.0367. The van der Waals surface area contributed by atoms with Crippen LogP contribution in [0.3, 0.4) is 0 Å². The summed E-state index contributed by atoms with van der Waals surface area (Å²) in [7, 11) is 0. The third kappa shape index (κ3) is 16.5. The van der Waals surface area contributed by atoms with E-state index in [2.05, 4.69) is 20.9 Å². The van der Waals surface area contributed by atoms with Crippen molar-refractivity contribution in [1.29, 1.82) is 0 Å². The Labute approximate surface area is 225 Å². The Bertz CT molecular complexity index is 880. The fraction of sp³-hybridized carbons (Fsp3) is 0.682. The first-order valence-corrected chi connectivity index (χ1v) is 12.4. The molecule has 0 aromatic carbocycles. The van der Waals surface area contributed by atoms with Gasteiger partial charge in [-0.2, -0.15) is 0 Å². The van der Waals surface area contributed by atoms with Gasteiger partial charge in [0, 0.05) is 19.4 Å². The summed E-state index contributed by atoms with van der Waals surface area (Å²) in [6, 6.07) is -5.07. The van der Waals surface area contributed by atoms with Gasteiger partial charge in [0.05, 0.1) is 6.04 Å². The number of rotatable bonds is 21. The molecule has 0 saturated heterocycles. The minimum atomic E-state index is -1.56. The number of unbranched alkanes of at least 4 members (excludes halogenated alkanes) is 1. The van der Waals surface area contributed by atoms with Gasteiger partial charge in [0.2, 0.25) is 23.6 Å². The van der Waals surface area contributed by atoms with E-state index in [1.807, 2.05) is 0 Å². The summed E-state index contributed by atoms with van der Waals surface area (Å²) in [5, 5.41) is 25.3. The van der Waals surface area contributed by atoms with Crippen molar-refractivity contribution in [3.8, 4) is 0 Å². The Hall–Kier alpha value is -3.99. The Morgan fingerprint density at radius 3 is 1.74 bits per heavy atom. The molecule has 0 aromatic rings. The van der Waals surface area contributed by atoms with E-state index < -0.39 is 72.6 Å². The summed E-state index contributed by atoms with van der Waals surface area (Å²) >= 11 is 0. The molecular weight excluding hydrogens is 518 g/mol. The lowest BCUT2D eigenvalue weighted by Crippen LogP contribution is -2.57. The van der Waals surface area contributed by atoms with Crippen LogP contribution < -0.4 is 44.6 Å². The van der Waals surface area contributed by atoms with E-state index in [1.54, 1.807) is 0 Å². The van der Waals surface area contributed by atoms with Gasteiger partial charge in [0.25, 0.3) is 0 Å². The Morgan fingerprint density at radius 1 is 0.692 bits per heavy atom. The number of hydrogen-bond acceptors (Lipinski definition) is 9. The molecular formula is C22H41N9O8. The number of primary amides is 1. The first kappa shape index (κ1) is 35.0. The Kier molecular flexibility index (Phi) is 17.2. The lowest BCUT2D eigenvalue weighted by atomic mass is 10.0. The van der Waals surface area contributed by atoms with Gasteiger partial charge in [0.1, 0.15) is 18.1 Å².